The Bertz CT molecular complexity index is 576. The van der Waals surface area contributed by atoms with E-state index < -0.39 is 0 Å². The molecule has 2 aromatic rings. The monoisotopic (exact) mass is 270 g/mol. The van der Waals surface area contributed by atoms with Crippen molar-refractivity contribution in [2.24, 2.45) is 5.92 Å². The second-order valence-electron chi connectivity index (χ2n) is 5.72. The van der Waals surface area contributed by atoms with Gasteiger partial charge in [0.2, 0.25) is 0 Å². The summed E-state index contributed by atoms with van der Waals surface area (Å²) in [6, 6.07) is 5.78. The highest BCUT2D eigenvalue weighted by Crippen LogP contribution is 2.28. The Hall–Kier alpha value is -1.84. The number of anilines is 2. The van der Waals surface area contributed by atoms with Crippen molar-refractivity contribution in [1.29, 1.82) is 0 Å². The molecule has 4 nitrogen and oxygen atoms in total. The molecule has 0 aliphatic heterocycles. The minimum absolute atomic E-state index is 0.739. The molecule has 4 heteroatoms. The zero-order valence-corrected chi connectivity index (χ0v) is 11.8. The van der Waals surface area contributed by atoms with Gasteiger partial charge in [-0.2, -0.15) is 0 Å². The molecule has 0 unspecified atom stereocenters. The van der Waals surface area contributed by atoms with Crippen LogP contribution in [0.3, 0.4) is 0 Å². The third-order valence-corrected chi connectivity index (χ3v) is 4.22. The van der Waals surface area contributed by atoms with Gasteiger partial charge in [-0.05, 0) is 37.0 Å². The molecule has 1 fully saturated rings. The lowest BCUT2D eigenvalue weighted by atomic mass is 10.0. The van der Waals surface area contributed by atoms with Gasteiger partial charge in [0.15, 0.2) is 0 Å². The molecule has 20 heavy (non-hydrogen) atoms. The van der Waals surface area contributed by atoms with Crippen molar-refractivity contribution in [3.8, 4) is 0 Å². The van der Waals surface area contributed by atoms with Gasteiger partial charge < -0.3 is 11.1 Å². The topological polar surface area (TPSA) is 63.8 Å². The van der Waals surface area contributed by atoms with Crippen molar-refractivity contribution in [3.63, 3.8) is 0 Å². The van der Waals surface area contributed by atoms with Gasteiger partial charge in [-0.1, -0.05) is 25.7 Å². The number of aromatic nitrogens is 2. The van der Waals surface area contributed by atoms with E-state index in [9.17, 15) is 0 Å². The summed E-state index contributed by atoms with van der Waals surface area (Å²) in [7, 11) is 0. The van der Waals surface area contributed by atoms with Crippen molar-refractivity contribution in [3.05, 3.63) is 24.5 Å². The first-order chi connectivity index (χ1) is 9.83. The number of rotatable bonds is 5. The van der Waals surface area contributed by atoms with Crippen LogP contribution in [0.15, 0.2) is 24.5 Å². The van der Waals surface area contributed by atoms with Crippen LogP contribution in [0.4, 0.5) is 11.5 Å². The van der Waals surface area contributed by atoms with Gasteiger partial charge in [0.25, 0.3) is 0 Å². The fourth-order valence-corrected chi connectivity index (χ4v) is 3.11. The zero-order chi connectivity index (χ0) is 13.8. The molecule has 0 amide bonds. The minimum atomic E-state index is 0.739. The Balaban J connectivity index is 1.59. The Kier molecular flexibility index (Phi) is 4.00. The van der Waals surface area contributed by atoms with Crippen LogP contribution in [0.25, 0.3) is 10.9 Å². The smallest absolute Gasteiger partial charge is 0.137 e. The molecule has 106 valence electrons. The van der Waals surface area contributed by atoms with E-state index in [0.717, 1.165) is 34.9 Å². The number of nitrogens with one attached hydrogen (secondary N) is 1. The van der Waals surface area contributed by atoms with E-state index >= 15 is 0 Å². The largest absolute Gasteiger partial charge is 0.399 e. The fraction of sp³-hybridized carbons (Fsp3) is 0.500. The maximum Gasteiger partial charge on any atom is 0.137 e. The van der Waals surface area contributed by atoms with Crippen LogP contribution in [0.1, 0.15) is 38.5 Å². The molecule has 0 spiro atoms. The highest BCUT2D eigenvalue weighted by molar-refractivity contribution is 5.90. The molecule has 3 N–H and O–H groups in total. The molecular formula is C16H22N4. The molecule has 1 aliphatic rings. The van der Waals surface area contributed by atoms with Crippen LogP contribution in [0, 0.1) is 5.92 Å². The van der Waals surface area contributed by atoms with Crippen LogP contribution in [-0.4, -0.2) is 16.5 Å². The normalized spacial score (nSPS) is 15.8. The number of nitrogens with zero attached hydrogens (tertiary/aromatic N) is 2. The van der Waals surface area contributed by atoms with E-state index in [2.05, 4.69) is 15.3 Å². The number of hydrogen-bond acceptors (Lipinski definition) is 4. The van der Waals surface area contributed by atoms with E-state index in [4.69, 9.17) is 5.73 Å². The summed E-state index contributed by atoms with van der Waals surface area (Å²) < 4.78 is 0. The molecule has 0 atom stereocenters. The van der Waals surface area contributed by atoms with E-state index in [1.54, 1.807) is 6.33 Å². The van der Waals surface area contributed by atoms with Crippen molar-refractivity contribution in [1.82, 2.24) is 9.97 Å². The third kappa shape index (κ3) is 3.00. The van der Waals surface area contributed by atoms with Gasteiger partial charge in [-0.15, -0.1) is 0 Å². The van der Waals surface area contributed by atoms with E-state index in [-0.39, 0.29) is 0 Å². The first-order valence-electron chi connectivity index (χ1n) is 7.57. The standard InChI is InChI=1S/C16H22N4/c17-13-7-8-14-15(10-13)19-11-20-16(14)18-9-3-6-12-4-1-2-5-12/h7-8,10-12H,1-6,9,17H2,(H,18,19,20). The summed E-state index contributed by atoms with van der Waals surface area (Å²) in [6.07, 6.45) is 9.85. The molecule has 1 saturated carbocycles. The summed E-state index contributed by atoms with van der Waals surface area (Å²) in [5.41, 5.74) is 7.43. The molecule has 0 saturated heterocycles. The number of nitrogens with two attached hydrogens (primary N) is 1. The predicted molar refractivity (Wildman–Crippen MR) is 83.6 cm³/mol. The lowest BCUT2D eigenvalue weighted by Crippen LogP contribution is -2.06. The fourth-order valence-electron chi connectivity index (χ4n) is 3.11. The number of fused-ring (bicyclic) bond motifs is 1. The SMILES string of the molecule is Nc1ccc2c(NCCCC3CCCC3)ncnc2c1. The van der Waals surface area contributed by atoms with Crippen molar-refractivity contribution >= 4 is 22.4 Å². The molecule has 0 bridgehead atoms. The van der Waals surface area contributed by atoms with Crippen LogP contribution in [0.5, 0.6) is 0 Å². The average Bonchev–Trinajstić information content (AvgIpc) is 2.96. The molecule has 0 radical (unpaired) electrons. The molecule has 1 aromatic heterocycles. The van der Waals surface area contributed by atoms with Crippen molar-refractivity contribution in [2.45, 2.75) is 38.5 Å². The van der Waals surface area contributed by atoms with Gasteiger partial charge in [-0.3, -0.25) is 0 Å². The maximum atomic E-state index is 5.78. The average molecular weight is 270 g/mol. The number of hydrogen-bond donors (Lipinski definition) is 2. The first kappa shape index (κ1) is 13.2. The Morgan fingerprint density at radius 2 is 2.05 bits per heavy atom. The van der Waals surface area contributed by atoms with Crippen LogP contribution >= 0.6 is 0 Å². The zero-order valence-electron chi connectivity index (χ0n) is 11.8. The predicted octanol–water partition coefficient (Wildman–Crippen LogP) is 3.59. The highest BCUT2D eigenvalue weighted by atomic mass is 15.0. The van der Waals surface area contributed by atoms with Gasteiger partial charge in [-0.25, -0.2) is 9.97 Å². The summed E-state index contributed by atoms with van der Waals surface area (Å²) >= 11 is 0. The van der Waals surface area contributed by atoms with E-state index in [0.29, 0.717) is 0 Å². The molecule has 1 aromatic carbocycles. The summed E-state index contributed by atoms with van der Waals surface area (Å²) in [5, 5.41) is 4.48. The summed E-state index contributed by atoms with van der Waals surface area (Å²) in [6.45, 7) is 0.979. The molecule has 1 heterocycles. The van der Waals surface area contributed by atoms with Crippen LogP contribution in [0.2, 0.25) is 0 Å². The maximum absolute atomic E-state index is 5.78. The quantitative estimate of drug-likeness (QED) is 0.643. The van der Waals surface area contributed by atoms with Gasteiger partial charge in [0.1, 0.15) is 12.1 Å². The lowest BCUT2D eigenvalue weighted by Gasteiger charge is -2.11. The van der Waals surface area contributed by atoms with Gasteiger partial charge in [0, 0.05) is 17.6 Å². The van der Waals surface area contributed by atoms with Crippen molar-refractivity contribution < 1.29 is 0 Å². The van der Waals surface area contributed by atoms with Crippen molar-refractivity contribution in [2.75, 3.05) is 17.6 Å². The Morgan fingerprint density at radius 3 is 2.90 bits per heavy atom. The van der Waals surface area contributed by atoms with E-state index in [1.807, 2.05) is 18.2 Å². The molecule has 1 aliphatic carbocycles. The Labute approximate surface area is 119 Å². The third-order valence-electron chi connectivity index (χ3n) is 4.22. The Morgan fingerprint density at radius 1 is 1.20 bits per heavy atom. The highest BCUT2D eigenvalue weighted by Gasteiger charge is 2.14. The molecule has 3 rings (SSSR count). The minimum Gasteiger partial charge on any atom is -0.399 e. The second-order valence-corrected chi connectivity index (χ2v) is 5.72. The lowest BCUT2D eigenvalue weighted by molar-refractivity contribution is 0.491. The van der Waals surface area contributed by atoms with E-state index in [1.165, 1.54) is 38.5 Å². The number of benzene rings is 1. The second kappa shape index (κ2) is 6.07. The van der Waals surface area contributed by atoms with Gasteiger partial charge >= 0.3 is 0 Å². The summed E-state index contributed by atoms with van der Waals surface area (Å²) in [4.78, 5) is 8.61. The molecular weight excluding hydrogens is 248 g/mol. The number of nitrogen functional groups attached to an aromatic ring is 1. The summed E-state index contributed by atoms with van der Waals surface area (Å²) in [5.74, 6) is 1.88. The van der Waals surface area contributed by atoms with Gasteiger partial charge in [0.05, 0.1) is 5.52 Å². The van der Waals surface area contributed by atoms with Crippen LogP contribution in [-0.2, 0) is 0 Å². The first-order valence-corrected chi connectivity index (χ1v) is 7.57. The van der Waals surface area contributed by atoms with Crippen LogP contribution < -0.4 is 11.1 Å².